The smallest absolute Gasteiger partial charge is 0.138 e. The minimum Gasteiger partial charge on any atom is -0.411 e. The Morgan fingerprint density at radius 3 is 3.00 bits per heavy atom. The summed E-state index contributed by atoms with van der Waals surface area (Å²) in [5, 5.41) is 12.7. The molecule has 0 aliphatic heterocycles. The molecule has 15 heavy (non-hydrogen) atoms. The average Bonchev–Trinajstić information content (AvgIpc) is 2.21. The van der Waals surface area contributed by atoms with Gasteiger partial charge in [-0.25, -0.2) is 4.98 Å². The van der Waals surface area contributed by atoms with E-state index in [2.05, 4.69) is 10.1 Å². The zero-order valence-corrected chi connectivity index (χ0v) is 8.86. The van der Waals surface area contributed by atoms with Crippen LogP contribution in [-0.4, -0.2) is 16.4 Å². The quantitative estimate of drug-likeness (QED) is 0.348. The molecule has 0 bridgehead atoms. The van der Waals surface area contributed by atoms with Gasteiger partial charge in [0.05, 0.1) is 11.7 Å². The first-order valence-electron chi connectivity index (χ1n) is 4.45. The highest BCUT2D eigenvalue weighted by Crippen LogP contribution is 2.21. The summed E-state index contributed by atoms with van der Waals surface area (Å²) < 4.78 is 0. The Morgan fingerprint density at radius 1 is 1.47 bits per heavy atom. The lowest BCUT2D eigenvalue weighted by Gasteiger charge is -2.03. The number of nitrogens with zero attached hydrogens (tertiary/aromatic N) is 2. The molecule has 3 nitrogen and oxygen atoms in total. The van der Waals surface area contributed by atoms with Crippen molar-refractivity contribution in [1.82, 2.24) is 4.98 Å². The summed E-state index contributed by atoms with van der Waals surface area (Å²) in [6.45, 7) is 1.98. The molecule has 1 heterocycles. The van der Waals surface area contributed by atoms with E-state index in [0.717, 1.165) is 16.5 Å². The highest BCUT2D eigenvalue weighted by Gasteiger charge is 2.04. The first-order valence-corrected chi connectivity index (χ1v) is 4.83. The van der Waals surface area contributed by atoms with E-state index >= 15 is 0 Å². The fourth-order valence-electron chi connectivity index (χ4n) is 1.49. The summed E-state index contributed by atoms with van der Waals surface area (Å²) in [7, 11) is 0. The lowest BCUT2D eigenvalue weighted by atomic mass is 10.1. The Morgan fingerprint density at radius 2 is 2.27 bits per heavy atom. The number of aromatic nitrogens is 1. The maximum absolute atomic E-state index is 8.45. The van der Waals surface area contributed by atoms with E-state index in [1.807, 2.05) is 31.2 Å². The van der Waals surface area contributed by atoms with Gasteiger partial charge in [0.15, 0.2) is 0 Å². The molecule has 76 valence electrons. The van der Waals surface area contributed by atoms with Crippen molar-refractivity contribution in [1.29, 1.82) is 0 Å². The molecule has 1 aromatic carbocycles. The average molecular weight is 221 g/mol. The van der Waals surface area contributed by atoms with Crippen molar-refractivity contribution >= 4 is 28.7 Å². The molecule has 0 fully saturated rings. The standard InChI is InChI=1S/C11H9ClN2O/c1-7-3-2-4-8-5-9(6-13-15)11(12)14-10(7)8/h2-6,15H,1H3/b13-6-. The summed E-state index contributed by atoms with van der Waals surface area (Å²) in [6.07, 6.45) is 1.27. The van der Waals surface area contributed by atoms with Gasteiger partial charge >= 0.3 is 0 Å². The Labute approximate surface area is 92.0 Å². The Kier molecular flexibility index (Phi) is 2.56. The SMILES string of the molecule is Cc1cccc2cc(/C=N\O)c(Cl)nc12. The van der Waals surface area contributed by atoms with Crippen LogP contribution in [0.3, 0.4) is 0 Å². The van der Waals surface area contributed by atoms with Crippen LogP contribution in [0.1, 0.15) is 11.1 Å². The van der Waals surface area contributed by atoms with Gasteiger partial charge in [-0.15, -0.1) is 0 Å². The van der Waals surface area contributed by atoms with Crippen LogP contribution in [0.5, 0.6) is 0 Å². The van der Waals surface area contributed by atoms with E-state index in [4.69, 9.17) is 16.8 Å². The van der Waals surface area contributed by atoms with Crippen molar-refractivity contribution in [3.8, 4) is 0 Å². The lowest BCUT2D eigenvalue weighted by Crippen LogP contribution is -1.90. The van der Waals surface area contributed by atoms with Gasteiger partial charge in [-0.05, 0) is 18.6 Å². The Balaban J connectivity index is 2.76. The molecule has 0 radical (unpaired) electrons. The van der Waals surface area contributed by atoms with E-state index in [-0.39, 0.29) is 0 Å². The van der Waals surface area contributed by atoms with Gasteiger partial charge in [0.2, 0.25) is 0 Å². The first-order chi connectivity index (χ1) is 7.22. The van der Waals surface area contributed by atoms with Gasteiger partial charge in [0.1, 0.15) is 5.15 Å². The van der Waals surface area contributed by atoms with Crippen molar-refractivity contribution in [2.45, 2.75) is 6.92 Å². The molecule has 2 rings (SSSR count). The molecule has 2 aromatic rings. The van der Waals surface area contributed by atoms with Gasteiger partial charge in [-0.1, -0.05) is 35.0 Å². The molecule has 4 heteroatoms. The molecule has 0 atom stereocenters. The Bertz CT molecular complexity index is 537. The van der Waals surface area contributed by atoms with Gasteiger partial charge in [0, 0.05) is 10.9 Å². The molecule has 0 aliphatic rings. The first kappa shape index (κ1) is 9.93. The minimum atomic E-state index is 0.342. The van der Waals surface area contributed by atoms with Crippen LogP contribution in [0.15, 0.2) is 29.4 Å². The van der Waals surface area contributed by atoms with Crippen molar-refractivity contribution in [3.05, 3.63) is 40.5 Å². The van der Waals surface area contributed by atoms with Crippen LogP contribution >= 0.6 is 11.6 Å². The number of oxime groups is 1. The van der Waals surface area contributed by atoms with Gasteiger partial charge in [0.25, 0.3) is 0 Å². The van der Waals surface area contributed by atoms with Crippen LogP contribution in [0, 0.1) is 6.92 Å². The van der Waals surface area contributed by atoms with Crippen molar-refractivity contribution in [2.24, 2.45) is 5.16 Å². The molecule has 0 spiro atoms. The van der Waals surface area contributed by atoms with E-state index in [9.17, 15) is 0 Å². The van der Waals surface area contributed by atoms with E-state index < -0.39 is 0 Å². The summed E-state index contributed by atoms with van der Waals surface area (Å²) in [5.41, 5.74) is 2.55. The molecule has 1 aromatic heterocycles. The summed E-state index contributed by atoms with van der Waals surface area (Å²) in [5.74, 6) is 0. The molecule has 0 aliphatic carbocycles. The molecule has 0 unspecified atom stereocenters. The maximum Gasteiger partial charge on any atom is 0.138 e. The van der Waals surface area contributed by atoms with Crippen LogP contribution in [0.2, 0.25) is 5.15 Å². The number of hydrogen-bond donors (Lipinski definition) is 1. The number of halogens is 1. The minimum absolute atomic E-state index is 0.342. The van der Waals surface area contributed by atoms with Crippen molar-refractivity contribution in [2.75, 3.05) is 0 Å². The summed E-state index contributed by atoms with van der Waals surface area (Å²) in [6, 6.07) is 7.72. The lowest BCUT2D eigenvalue weighted by molar-refractivity contribution is 0.322. The normalized spacial score (nSPS) is 11.3. The zero-order chi connectivity index (χ0) is 10.8. The van der Waals surface area contributed by atoms with Gasteiger partial charge in [-0.2, -0.15) is 0 Å². The number of rotatable bonds is 1. The molecule has 0 amide bonds. The molecule has 0 saturated heterocycles. The van der Waals surface area contributed by atoms with Crippen LogP contribution in [0.4, 0.5) is 0 Å². The Hall–Kier alpha value is -1.61. The second kappa shape index (κ2) is 3.87. The third kappa shape index (κ3) is 1.78. The predicted octanol–water partition coefficient (Wildman–Crippen LogP) is 3.00. The number of pyridine rings is 1. The second-order valence-corrected chi connectivity index (χ2v) is 3.62. The highest BCUT2D eigenvalue weighted by atomic mass is 35.5. The van der Waals surface area contributed by atoms with Crippen LogP contribution < -0.4 is 0 Å². The monoisotopic (exact) mass is 220 g/mol. The van der Waals surface area contributed by atoms with E-state index in [1.54, 1.807) is 0 Å². The number of hydrogen-bond acceptors (Lipinski definition) is 3. The third-order valence-corrected chi connectivity index (χ3v) is 2.53. The van der Waals surface area contributed by atoms with Crippen molar-refractivity contribution < 1.29 is 5.21 Å². The maximum atomic E-state index is 8.45. The molecular formula is C11H9ClN2O. The van der Waals surface area contributed by atoms with Gasteiger partial charge < -0.3 is 5.21 Å². The molecule has 1 N–H and O–H groups in total. The second-order valence-electron chi connectivity index (χ2n) is 3.26. The fraction of sp³-hybridized carbons (Fsp3) is 0.0909. The predicted molar refractivity (Wildman–Crippen MR) is 60.9 cm³/mol. The molecular weight excluding hydrogens is 212 g/mol. The third-order valence-electron chi connectivity index (χ3n) is 2.22. The fourth-order valence-corrected chi connectivity index (χ4v) is 1.68. The van der Waals surface area contributed by atoms with Crippen LogP contribution in [0.25, 0.3) is 10.9 Å². The van der Waals surface area contributed by atoms with Crippen molar-refractivity contribution in [3.63, 3.8) is 0 Å². The number of aryl methyl sites for hydroxylation is 1. The zero-order valence-electron chi connectivity index (χ0n) is 8.11. The van der Waals surface area contributed by atoms with E-state index in [0.29, 0.717) is 10.7 Å². The highest BCUT2D eigenvalue weighted by molar-refractivity contribution is 6.32. The topological polar surface area (TPSA) is 45.5 Å². The molecule has 0 saturated carbocycles. The number of fused-ring (bicyclic) bond motifs is 1. The summed E-state index contributed by atoms with van der Waals surface area (Å²) >= 11 is 5.94. The van der Waals surface area contributed by atoms with Gasteiger partial charge in [-0.3, -0.25) is 0 Å². The van der Waals surface area contributed by atoms with Crippen LogP contribution in [-0.2, 0) is 0 Å². The number of para-hydroxylation sites is 1. The largest absolute Gasteiger partial charge is 0.411 e. The number of benzene rings is 1. The summed E-state index contributed by atoms with van der Waals surface area (Å²) in [4.78, 5) is 4.26. The van der Waals surface area contributed by atoms with E-state index in [1.165, 1.54) is 6.21 Å².